The fraction of sp³-hybridized carbons (Fsp3) is 0.467. The van der Waals surface area contributed by atoms with E-state index in [1.54, 1.807) is 0 Å². The maximum atomic E-state index is 3.74. The second-order valence-corrected chi connectivity index (χ2v) is 6.35. The molecule has 1 rings (SSSR count). The maximum absolute atomic E-state index is 3.74. The standard InChI is InChI=1S/C15H23NS/c1-5-6-10-17-14-9-7-8-13(11-14)12-16-15(2,3)4/h5,7-9,11,16H,1,6,10,12H2,2-4H3. The van der Waals surface area contributed by atoms with Crippen molar-refractivity contribution in [2.75, 3.05) is 5.75 Å². The Morgan fingerprint density at radius 1 is 1.35 bits per heavy atom. The van der Waals surface area contributed by atoms with Crippen LogP contribution in [0, 0.1) is 0 Å². The normalized spacial score (nSPS) is 11.5. The second kappa shape index (κ2) is 6.87. The van der Waals surface area contributed by atoms with Crippen molar-refractivity contribution in [1.82, 2.24) is 5.32 Å². The molecule has 1 aromatic rings. The predicted octanol–water partition coefficient (Wildman–Crippen LogP) is 4.24. The Labute approximate surface area is 110 Å². The van der Waals surface area contributed by atoms with Crippen molar-refractivity contribution in [1.29, 1.82) is 0 Å². The minimum atomic E-state index is 0.173. The van der Waals surface area contributed by atoms with E-state index in [-0.39, 0.29) is 5.54 Å². The molecule has 0 atom stereocenters. The SMILES string of the molecule is C=CCCSc1cccc(CNC(C)(C)C)c1. The van der Waals surface area contributed by atoms with Crippen LogP contribution in [0.5, 0.6) is 0 Å². The molecule has 1 nitrogen and oxygen atoms in total. The van der Waals surface area contributed by atoms with Gasteiger partial charge in [0.2, 0.25) is 0 Å². The molecule has 0 bridgehead atoms. The van der Waals surface area contributed by atoms with Gasteiger partial charge in [0.1, 0.15) is 0 Å². The quantitative estimate of drug-likeness (QED) is 0.460. The predicted molar refractivity (Wildman–Crippen MR) is 78.6 cm³/mol. The minimum Gasteiger partial charge on any atom is -0.308 e. The average Bonchev–Trinajstić information content (AvgIpc) is 2.27. The van der Waals surface area contributed by atoms with E-state index in [1.165, 1.54) is 10.5 Å². The molecule has 17 heavy (non-hydrogen) atoms. The largest absolute Gasteiger partial charge is 0.308 e. The van der Waals surface area contributed by atoms with Crippen molar-refractivity contribution in [2.24, 2.45) is 0 Å². The molecule has 1 N–H and O–H groups in total. The number of allylic oxidation sites excluding steroid dienone is 1. The van der Waals surface area contributed by atoms with E-state index < -0.39 is 0 Å². The van der Waals surface area contributed by atoms with E-state index in [1.807, 2.05) is 17.8 Å². The van der Waals surface area contributed by atoms with E-state index in [4.69, 9.17) is 0 Å². The Morgan fingerprint density at radius 3 is 2.76 bits per heavy atom. The van der Waals surface area contributed by atoms with Gasteiger partial charge >= 0.3 is 0 Å². The van der Waals surface area contributed by atoms with Crippen LogP contribution in [0.1, 0.15) is 32.8 Å². The van der Waals surface area contributed by atoms with Gasteiger partial charge in [0.25, 0.3) is 0 Å². The summed E-state index contributed by atoms with van der Waals surface area (Å²) in [5.74, 6) is 1.11. The molecule has 94 valence electrons. The van der Waals surface area contributed by atoms with E-state index in [0.717, 1.165) is 18.7 Å². The van der Waals surface area contributed by atoms with Crippen molar-refractivity contribution in [3.8, 4) is 0 Å². The number of benzene rings is 1. The molecule has 1 aromatic carbocycles. The molecule has 2 heteroatoms. The molecule has 0 radical (unpaired) electrons. The van der Waals surface area contributed by atoms with Crippen LogP contribution in [0.2, 0.25) is 0 Å². The molecule has 0 saturated heterocycles. The van der Waals surface area contributed by atoms with Crippen molar-refractivity contribution >= 4 is 11.8 Å². The van der Waals surface area contributed by atoms with Crippen LogP contribution in [-0.4, -0.2) is 11.3 Å². The van der Waals surface area contributed by atoms with Gasteiger partial charge in [-0.1, -0.05) is 18.2 Å². The van der Waals surface area contributed by atoms with Crippen LogP contribution in [0.3, 0.4) is 0 Å². The summed E-state index contributed by atoms with van der Waals surface area (Å²) in [7, 11) is 0. The molecular formula is C15H23NS. The van der Waals surface area contributed by atoms with Gasteiger partial charge < -0.3 is 5.32 Å². The molecule has 0 aliphatic heterocycles. The summed E-state index contributed by atoms with van der Waals surface area (Å²) in [5, 5.41) is 3.51. The van der Waals surface area contributed by atoms with E-state index in [0.29, 0.717) is 0 Å². The molecule has 0 aliphatic carbocycles. The summed E-state index contributed by atoms with van der Waals surface area (Å²) in [6, 6.07) is 8.76. The van der Waals surface area contributed by atoms with Crippen molar-refractivity contribution in [3.63, 3.8) is 0 Å². The van der Waals surface area contributed by atoms with Crippen LogP contribution >= 0.6 is 11.8 Å². The van der Waals surface area contributed by atoms with Gasteiger partial charge in [-0.05, 0) is 44.9 Å². The van der Waals surface area contributed by atoms with Gasteiger partial charge in [0.05, 0.1) is 0 Å². The van der Waals surface area contributed by atoms with Crippen molar-refractivity contribution in [3.05, 3.63) is 42.5 Å². The number of hydrogen-bond donors (Lipinski definition) is 1. The van der Waals surface area contributed by atoms with Crippen LogP contribution in [0.25, 0.3) is 0 Å². The molecule has 0 spiro atoms. The lowest BCUT2D eigenvalue weighted by Crippen LogP contribution is -2.35. The first-order chi connectivity index (χ1) is 8.01. The highest BCUT2D eigenvalue weighted by atomic mass is 32.2. The molecule has 0 aliphatic rings. The molecule has 0 amide bonds. The topological polar surface area (TPSA) is 12.0 Å². The van der Waals surface area contributed by atoms with Gasteiger partial charge in [-0.25, -0.2) is 0 Å². The Kier molecular flexibility index (Phi) is 5.79. The van der Waals surface area contributed by atoms with Crippen LogP contribution in [0.15, 0.2) is 41.8 Å². The third-order valence-corrected chi connectivity index (χ3v) is 3.34. The van der Waals surface area contributed by atoms with Gasteiger partial charge in [0.15, 0.2) is 0 Å². The number of hydrogen-bond acceptors (Lipinski definition) is 2. The fourth-order valence-electron chi connectivity index (χ4n) is 1.37. The van der Waals surface area contributed by atoms with Crippen LogP contribution in [0.4, 0.5) is 0 Å². The Bertz CT molecular complexity index is 352. The highest BCUT2D eigenvalue weighted by molar-refractivity contribution is 7.99. The summed E-state index contributed by atoms with van der Waals surface area (Å²) >= 11 is 1.89. The summed E-state index contributed by atoms with van der Waals surface area (Å²) in [6.07, 6.45) is 3.03. The third-order valence-electron chi connectivity index (χ3n) is 2.31. The summed E-state index contributed by atoms with van der Waals surface area (Å²) in [5.41, 5.74) is 1.52. The summed E-state index contributed by atoms with van der Waals surface area (Å²) in [6.45, 7) is 11.2. The van der Waals surface area contributed by atoms with Crippen molar-refractivity contribution in [2.45, 2.75) is 44.2 Å². The average molecular weight is 249 g/mol. The van der Waals surface area contributed by atoms with E-state index in [9.17, 15) is 0 Å². The number of rotatable bonds is 6. The number of thioether (sulfide) groups is 1. The van der Waals surface area contributed by atoms with Crippen LogP contribution < -0.4 is 5.32 Å². The van der Waals surface area contributed by atoms with Gasteiger partial charge in [-0.2, -0.15) is 0 Å². The lowest BCUT2D eigenvalue weighted by Gasteiger charge is -2.20. The minimum absolute atomic E-state index is 0.173. The molecule has 0 heterocycles. The summed E-state index contributed by atoms with van der Waals surface area (Å²) < 4.78 is 0. The van der Waals surface area contributed by atoms with Gasteiger partial charge in [0, 0.05) is 22.7 Å². The first-order valence-electron chi connectivity index (χ1n) is 6.09. The zero-order valence-electron chi connectivity index (χ0n) is 11.1. The number of nitrogens with one attached hydrogen (secondary N) is 1. The lowest BCUT2D eigenvalue weighted by atomic mass is 10.1. The Balaban J connectivity index is 2.50. The summed E-state index contributed by atoms with van der Waals surface area (Å²) in [4.78, 5) is 1.35. The van der Waals surface area contributed by atoms with E-state index >= 15 is 0 Å². The smallest absolute Gasteiger partial charge is 0.0210 e. The fourth-order valence-corrected chi connectivity index (χ4v) is 2.30. The zero-order valence-corrected chi connectivity index (χ0v) is 11.9. The molecule has 0 saturated carbocycles. The molecular weight excluding hydrogens is 226 g/mol. The first-order valence-corrected chi connectivity index (χ1v) is 7.07. The Hall–Kier alpha value is -0.730. The van der Waals surface area contributed by atoms with Crippen molar-refractivity contribution < 1.29 is 0 Å². The van der Waals surface area contributed by atoms with Crippen LogP contribution in [-0.2, 0) is 6.54 Å². The van der Waals surface area contributed by atoms with Gasteiger partial charge in [-0.3, -0.25) is 0 Å². The highest BCUT2D eigenvalue weighted by Gasteiger charge is 2.08. The molecule has 0 aromatic heterocycles. The highest BCUT2D eigenvalue weighted by Crippen LogP contribution is 2.20. The maximum Gasteiger partial charge on any atom is 0.0210 e. The Morgan fingerprint density at radius 2 is 2.12 bits per heavy atom. The zero-order chi connectivity index (χ0) is 12.7. The molecule has 0 unspecified atom stereocenters. The monoisotopic (exact) mass is 249 g/mol. The lowest BCUT2D eigenvalue weighted by molar-refractivity contribution is 0.424. The van der Waals surface area contributed by atoms with Gasteiger partial charge in [-0.15, -0.1) is 18.3 Å². The molecule has 0 fully saturated rings. The second-order valence-electron chi connectivity index (χ2n) is 5.18. The first kappa shape index (κ1) is 14.3. The van der Waals surface area contributed by atoms with E-state index in [2.05, 4.69) is 56.9 Å². The third kappa shape index (κ3) is 6.54.